The van der Waals surface area contributed by atoms with E-state index in [1.54, 1.807) is 0 Å². The Hall–Kier alpha value is -3.03. The molecule has 0 aliphatic carbocycles. The highest BCUT2D eigenvalue weighted by molar-refractivity contribution is 7.16. The maximum atomic E-state index is 11.6. The van der Waals surface area contributed by atoms with Crippen molar-refractivity contribution < 1.29 is 9.53 Å². The number of anilines is 1. The van der Waals surface area contributed by atoms with Crippen LogP contribution in [0.25, 0.3) is 16.2 Å². The number of carbonyl (C=O) groups excluding carboxylic acids is 1. The van der Waals surface area contributed by atoms with Crippen LogP contribution in [0, 0.1) is 0 Å². The number of hydrogen-bond donors (Lipinski definition) is 2. The normalized spacial score (nSPS) is 12.2. The van der Waals surface area contributed by atoms with Gasteiger partial charge in [-0.3, -0.25) is 9.20 Å². The smallest absolute Gasteiger partial charge is 0.222 e. The Bertz CT molecular complexity index is 1200. The first kappa shape index (κ1) is 19.3. The Balaban J connectivity index is 1.76. The second-order valence-corrected chi connectivity index (χ2v) is 8.14. The van der Waals surface area contributed by atoms with Crippen LogP contribution in [0.1, 0.15) is 23.5 Å². The predicted molar refractivity (Wildman–Crippen MR) is 116 cm³/mol. The van der Waals surface area contributed by atoms with Crippen LogP contribution in [0.2, 0.25) is 5.02 Å². The van der Waals surface area contributed by atoms with Gasteiger partial charge >= 0.3 is 0 Å². The van der Waals surface area contributed by atoms with Crippen molar-refractivity contribution in [2.45, 2.75) is 19.4 Å². The van der Waals surface area contributed by atoms with Gasteiger partial charge in [0.15, 0.2) is 5.82 Å². The molecule has 4 rings (SSSR count). The summed E-state index contributed by atoms with van der Waals surface area (Å²) in [6.45, 7) is 1.91. The summed E-state index contributed by atoms with van der Waals surface area (Å²) in [5.41, 5.74) is 14.0. The molecule has 0 aliphatic rings. The molecule has 0 radical (unpaired) electrons. The predicted octanol–water partition coefficient (Wildman–Crippen LogP) is 4.47. The second-order valence-electron chi connectivity index (χ2n) is 6.60. The van der Waals surface area contributed by atoms with Crippen molar-refractivity contribution in [2.24, 2.45) is 5.73 Å². The summed E-state index contributed by atoms with van der Waals surface area (Å²) in [6.07, 6.45) is 1.66. The Morgan fingerprint density at radius 3 is 2.79 bits per heavy atom. The number of fused-ring (bicyclic) bond motifs is 1. The van der Waals surface area contributed by atoms with Gasteiger partial charge < -0.3 is 16.2 Å². The van der Waals surface area contributed by atoms with E-state index in [2.05, 4.69) is 4.98 Å². The van der Waals surface area contributed by atoms with E-state index in [-0.39, 0.29) is 12.5 Å². The van der Waals surface area contributed by atoms with Crippen LogP contribution in [0.3, 0.4) is 0 Å². The quantitative estimate of drug-likeness (QED) is 0.475. The minimum atomic E-state index is -0.431. The molecule has 0 saturated heterocycles. The van der Waals surface area contributed by atoms with Crippen LogP contribution >= 0.6 is 22.9 Å². The minimum absolute atomic E-state index is 0.0753. The van der Waals surface area contributed by atoms with Crippen molar-refractivity contribution in [3.8, 4) is 16.3 Å². The highest BCUT2D eigenvalue weighted by atomic mass is 35.5. The molecule has 0 saturated carbocycles. The molecule has 4 N–H and O–H groups in total. The van der Waals surface area contributed by atoms with Gasteiger partial charge in [0.1, 0.15) is 23.2 Å². The van der Waals surface area contributed by atoms with E-state index in [0.29, 0.717) is 16.6 Å². The molecule has 0 spiro atoms. The fraction of sp³-hybridized carbons (Fsp3) is 0.143. The average Bonchev–Trinajstić information content (AvgIpc) is 3.20. The number of imidazole rings is 1. The third kappa shape index (κ3) is 3.79. The largest absolute Gasteiger partial charge is 0.485 e. The molecule has 1 amide bonds. The molecule has 4 aromatic rings. The molecular formula is C21H19ClN4O2S. The zero-order valence-electron chi connectivity index (χ0n) is 15.6. The number of nitrogens with zero attached hydrogens (tertiary/aromatic N) is 2. The third-order valence-corrected chi connectivity index (χ3v) is 6.01. The number of pyridine rings is 1. The first-order valence-electron chi connectivity index (χ1n) is 8.99. The number of ether oxygens (including phenoxy) is 1. The zero-order chi connectivity index (χ0) is 20.5. The first-order valence-corrected chi connectivity index (χ1v) is 10.2. The fourth-order valence-corrected chi connectivity index (χ4v) is 4.67. The van der Waals surface area contributed by atoms with Crippen molar-refractivity contribution >= 4 is 40.3 Å². The molecular weight excluding hydrogens is 408 g/mol. The number of amides is 1. The lowest BCUT2D eigenvalue weighted by Gasteiger charge is -2.16. The monoisotopic (exact) mass is 426 g/mol. The summed E-state index contributed by atoms with van der Waals surface area (Å²) in [5, 5.41) is 0.623. The van der Waals surface area contributed by atoms with E-state index in [9.17, 15) is 4.79 Å². The molecule has 6 nitrogen and oxygen atoms in total. The molecule has 148 valence electrons. The highest BCUT2D eigenvalue weighted by Crippen LogP contribution is 2.41. The van der Waals surface area contributed by atoms with Crippen molar-refractivity contribution in [2.75, 3.05) is 5.73 Å². The zero-order valence-corrected chi connectivity index (χ0v) is 17.2. The Kier molecular flexibility index (Phi) is 5.17. The maximum absolute atomic E-state index is 11.6. The van der Waals surface area contributed by atoms with Crippen molar-refractivity contribution in [1.82, 2.24) is 9.38 Å². The van der Waals surface area contributed by atoms with E-state index < -0.39 is 5.91 Å². The third-order valence-electron chi connectivity index (χ3n) is 4.54. The lowest BCUT2D eigenvalue weighted by Crippen LogP contribution is -2.13. The van der Waals surface area contributed by atoms with Crippen molar-refractivity contribution in [1.29, 1.82) is 0 Å². The van der Waals surface area contributed by atoms with Gasteiger partial charge in [0.05, 0.1) is 16.2 Å². The maximum Gasteiger partial charge on any atom is 0.222 e. The van der Waals surface area contributed by atoms with E-state index in [4.69, 9.17) is 27.8 Å². The molecule has 1 atom stereocenters. The lowest BCUT2D eigenvalue weighted by atomic mass is 10.1. The molecule has 1 aromatic carbocycles. The van der Waals surface area contributed by atoms with Crippen LogP contribution in [-0.4, -0.2) is 15.3 Å². The topological polar surface area (TPSA) is 95.6 Å². The Labute approximate surface area is 176 Å². The number of halogens is 1. The van der Waals surface area contributed by atoms with E-state index >= 15 is 0 Å². The second kappa shape index (κ2) is 7.77. The number of nitrogens with two attached hydrogens (primary N) is 2. The number of hydrogen-bond acceptors (Lipinski definition) is 5. The number of nitrogen functional groups attached to an aromatic ring is 1. The number of carbonyl (C=O) groups is 1. The molecule has 0 bridgehead atoms. The van der Waals surface area contributed by atoms with Gasteiger partial charge in [0.2, 0.25) is 5.91 Å². The van der Waals surface area contributed by atoms with E-state index in [1.807, 2.05) is 66.1 Å². The van der Waals surface area contributed by atoms with Crippen LogP contribution in [0.15, 0.2) is 54.7 Å². The van der Waals surface area contributed by atoms with Gasteiger partial charge in [-0.2, -0.15) is 0 Å². The standard InChI is InChI=1S/C21H19ClN4O2S/c1-12(13-6-2-3-7-14(13)22)28-15-10-17(29-16(15)11-18(23)27)20-21(24)25-19-8-4-5-9-26(19)20/h2-10,12H,11,24H2,1H3,(H2,23,27). The van der Waals surface area contributed by atoms with Gasteiger partial charge in [-0.25, -0.2) is 4.98 Å². The summed E-state index contributed by atoms with van der Waals surface area (Å²) in [7, 11) is 0. The van der Waals surface area contributed by atoms with Gasteiger partial charge in [-0.05, 0) is 25.1 Å². The Morgan fingerprint density at radius 1 is 1.28 bits per heavy atom. The number of benzene rings is 1. The van der Waals surface area contributed by atoms with E-state index in [0.717, 1.165) is 26.7 Å². The molecule has 29 heavy (non-hydrogen) atoms. The lowest BCUT2D eigenvalue weighted by molar-refractivity contribution is -0.117. The van der Waals surface area contributed by atoms with E-state index in [1.165, 1.54) is 11.3 Å². The number of rotatable bonds is 6. The summed E-state index contributed by atoms with van der Waals surface area (Å²) in [5.74, 6) is 0.565. The van der Waals surface area contributed by atoms with Gasteiger partial charge in [0, 0.05) is 22.8 Å². The number of primary amides is 1. The van der Waals surface area contributed by atoms with Crippen LogP contribution in [0.4, 0.5) is 5.82 Å². The SMILES string of the molecule is CC(Oc1cc(-c2c(N)nc3ccccn23)sc1CC(N)=O)c1ccccc1Cl. The van der Waals surface area contributed by atoms with Gasteiger partial charge in [-0.1, -0.05) is 35.9 Å². The van der Waals surface area contributed by atoms with Crippen LogP contribution in [0.5, 0.6) is 5.75 Å². The number of aromatic nitrogens is 2. The molecule has 0 fully saturated rings. The van der Waals surface area contributed by atoms with Gasteiger partial charge in [-0.15, -0.1) is 11.3 Å². The minimum Gasteiger partial charge on any atom is -0.485 e. The van der Waals surface area contributed by atoms with Crippen molar-refractivity contribution in [3.63, 3.8) is 0 Å². The summed E-state index contributed by atoms with van der Waals surface area (Å²) in [6, 6.07) is 15.1. The molecule has 1 unspecified atom stereocenters. The van der Waals surface area contributed by atoms with Gasteiger partial charge in [0.25, 0.3) is 0 Å². The molecule has 8 heteroatoms. The summed E-state index contributed by atoms with van der Waals surface area (Å²) >= 11 is 7.72. The average molecular weight is 427 g/mol. The molecule has 0 aliphatic heterocycles. The van der Waals surface area contributed by atoms with Crippen molar-refractivity contribution in [3.05, 3.63) is 70.2 Å². The summed E-state index contributed by atoms with van der Waals surface area (Å²) in [4.78, 5) is 17.6. The van der Waals surface area contributed by atoms with Crippen LogP contribution in [-0.2, 0) is 11.2 Å². The first-order chi connectivity index (χ1) is 13.9. The number of thiophene rings is 1. The Morgan fingerprint density at radius 2 is 2.03 bits per heavy atom. The molecule has 3 heterocycles. The fourth-order valence-electron chi connectivity index (χ4n) is 3.23. The molecule has 3 aromatic heterocycles. The summed E-state index contributed by atoms with van der Waals surface area (Å²) < 4.78 is 8.10. The van der Waals surface area contributed by atoms with Crippen LogP contribution < -0.4 is 16.2 Å². The highest BCUT2D eigenvalue weighted by Gasteiger charge is 2.21.